The van der Waals surface area contributed by atoms with Crippen LogP contribution in [-0.4, -0.2) is 18.9 Å². The van der Waals surface area contributed by atoms with Gasteiger partial charge in [0.25, 0.3) is 0 Å². The lowest BCUT2D eigenvalue weighted by Gasteiger charge is -2.27. The molecular formula is C23H17NO3. The quantitative estimate of drug-likeness (QED) is 0.656. The van der Waals surface area contributed by atoms with Crippen LogP contribution >= 0.6 is 0 Å². The lowest BCUT2D eigenvalue weighted by molar-refractivity contribution is -0.126. The van der Waals surface area contributed by atoms with E-state index in [-0.39, 0.29) is 11.8 Å². The lowest BCUT2D eigenvalue weighted by atomic mass is 9.73. The van der Waals surface area contributed by atoms with Gasteiger partial charge < -0.3 is 4.74 Å². The third-order valence-electron chi connectivity index (χ3n) is 5.50. The van der Waals surface area contributed by atoms with Crippen LogP contribution < -0.4 is 9.64 Å². The summed E-state index contributed by atoms with van der Waals surface area (Å²) < 4.78 is 5.20. The first-order valence-electron chi connectivity index (χ1n) is 8.90. The molecule has 27 heavy (non-hydrogen) atoms. The van der Waals surface area contributed by atoms with Crippen molar-refractivity contribution in [1.29, 1.82) is 0 Å². The summed E-state index contributed by atoms with van der Waals surface area (Å²) in [7, 11) is 1.59. The highest BCUT2D eigenvalue weighted by molar-refractivity contribution is 6.23. The molecule has 0 saturated heterocycles. The van der Waals surface area contributed by atoms with E-state index >= 15 is 0 Å². The third kappa shape index (κ3) is 2.16. The van der Waals surface area contributed by atoms with Gasteiger partial charge in [0.1, 0.15) is 5.75 Å². The Kier molecular flexibility index (Phi) is 3.41. The summed E-state index contributed by atoms with van der Waals surface area (Å²) in [6.45, 7) is 0. The van der Waals surface area contributed by atoms with Crippen LogP contribution in [0.1, 0.15) is 34.1 Å². The first-order chi connectivity index (χ1) is 13.2. The average molecular weight is 355 g/mol. The second-order valence-corrected chi connectivity index (χ2v) is 6.83. The molecule has 4 nitrogen and oxygen atoms in total. The predicted molar refractivity (Wildman–Crippen MR) is 102 cm³/mol. The minimum absolute atomic E-state index is 0.204. The predicted octanol–water partition coefficient (Wildman–Crippen LogP) is 3.85. The Bertz CT molecular complexity index is 961. The van der Waals surface area contributed by atoms with E-state index in [1.54, 1.807) is 31.4 Å². The third-order valence-corrected chi connectivity index (χ3v) is 5.50. The molecule has 1 aliphatic carbocycles. The molecule has 132 valence electrons. The molecule has 0 radical (unpaired) electrons. The number of hydrogen-bond donors (Lipinski definition) is 0. The first-order valence-corrected chi connectivity index (χ1v) is 8.90. The van der Waals surface area contributed by atoms with Crippen LogP contribution in [0.15, 0.2) is 72.8 Å². The molecule has 0 N–H and O–H groups in total. The van der Waals surface area contributed by atoms with Gasteiger partial charge in [0, 0.05) is 0 Å². The zero-order valence-electron chi connectivity index (χ0n) is 14.8. The summed E-state index contributed by atoms with van der Waals surface area (Å²) in [6.07, 6.45) is 0. The van der Waals surface area contributed by atoms with E-state index < -0.39 is 11.8 Å². The molecule has 0 spiro atoms. The van der Waals surface area contributed by atoms with E-state index in [1.165, 1.54) is 4.90 Å². The first kappa shape index (κ1) is 15.8. The van der Waals surface area contributed by atoms with Gasteiger partial charge in [-0.2, -0.15) is 0 Å². The molecule has 0 unspecified atom stereocenters. The Morgan fingerprint density at radius 3 is 1.44 bits per heavy atom. The Morgan fingerprint density at radius 1 is 0.667 bits per heavy atom. The number of carbonyl (C=O) groups excluding carboxylic acids is 2. The summed E-state index contributed by atoms with van der Waals surface area (Å²) in [4.78, 5) is 28.5. The summed E-state index contributed by atoms with van der Waals surface area (Å²) in [5.74, 6) is -0.664. The van der Waals surface area contributed by atoms with Gasteiger partial charge in [-0.1, -0.05) is 48.5 Å². The number of hydrogen-bond acceptors (Lipinski definition) is 3. The molecule has 0 aromatic heterocycles. The Morgan fingerprint density at radius 2 is 1.07 bits per heavy atom. The normalized spacial score (nSPS) is 20.1. The van der Waals surface area contributed by atoms with Gasteiger partial charge in [0.2, 0.25) is 11.8 Å². The smallest absolute Gasteiger partial charge is 0.245 e. The number of carbonyl (C=O) groups is 2. The van der Waals surface area contributed by atoms with Gasteiger partial charge in [-0.05, 0) is 46.5 Å². The molecule has 6 rings (SSSR count). The molecule has 3 aromatic rings. The van der Waals surface area contributed by atoms with Crippen molar-refractivity contribution in [2.45, 2.75) is 11.8 Å². The van der Waals surface area contributed by atoms with E-state index in [0.717, 1.165) is 22.3 Å². The topological polar surface area (TPSA) is 46.6 Å². The maximum absolute atomic E-state index is 13.6. The van der Waals surface area contributed by atoms with Crippen molar-refractivity contribution < 1.29 is 14.3 Å². The fraction of sp³-hybridized carbons (Fsp3) is 0.130. The zero-order chi connectivity index (χ0) is 18.5. The molecule has 2 aliphatic heterocycles. The van der Waals surface area contributed by atoms with Crippen molar-refractivity contribution in [2.75, 3.05) is 12.0 Å². The summed E-state index contributed by atoms with van der Waals surface area (Å²) in [5, 5.41) is 0. The number of amides is 2. The van der Waals surface area contributed by atoms with Crippen LogP contribution in [0.5, 0.6) is 5.75 Å². The van der Waals surface area contributed by atoms with Crippen LogP contribution in [0.25, 0.3) is 0 Å². The van der Waals surface area contributed by atoms with E-state index in [1.807, 2.05) is 48.5 Å². The summed E-state index contributed by atoms with van der Waals surface area (Å²) >= 11 is 0. The van der Waals surface area contributed by atoms with E-state index in [9.17, 15) is 9.59 Å². The van der Waals surface area contributed by atoms with Crippen LogP contribution in [-0.2, 0) is 9.59 Å². The van der Waals surface area contributed by atoms with Gasteiger partial charge in [-0.15, -0.1) is 0 Å². The number of ether oxygens (including phenoxy) is 1. The fourth-order valence-corrected chi connectivity index (χ4v) is 4.29. The Labute approximate surface area is 157 Å². The monoisotopic (exact) mass is 355 g/mol. The van der Waals surface area contributed by atoms with Gasteiger partial charge in [-0.25, -0.2) is 4.90 Å². The zero-order valence-corrected chi connectivity index (χ0v) is 14.8. The lowest BCUT2D eigenvalue weighted by Crippen LogP contribution is -2.38. The number of methoxy groups -OCH3 is 1. The van der Waals surface area contributed by atoms with Gasteiger partial charge in [-0.3, -0.25) is 9.59 Å². The minimum Gasteiger partial charge on any atom is -0.497 e. The van der Waals surface area contributed by atoms with Crippen molar-refractivity contribution in [3.8, 4) is 5.75 Å². The highest BCUT2D eigenvalue weighted by atomic mass is 16.5. The van der Waals surface area contributed by atoms with Crippen LogP contribution in [0.4, 0.5) is 5.69 Å². The SMILES string of the molecule is COc1ccc(N2C(=O)C3c4ccccc4C(C2=O)c2ccccc23)cc1. The maximum atomic E-state index is 13.6. The van der Waals surface area contributed by atoms with Gasteiger partial charge in [0.05, 0.1) is 24.6 Å². The minimum atomic E-state index is -0.470. The van der Waals surface area contributed by atoms with Crippen LogP contribution in [0.2, 0.25) is 0 Å². The van der Waals surface area contributed by atoms with E-state index in [0.29, 0.717) is 11.4 Å². The second-order valence-electron chi connectivity index (χ2n) is 6.83. The summed E-state index contributed by atoms with van der Waals surface area (Å²) in [6, 6.07) is 22.6. The second kappa shape index (κ2) is 5.81. The molecule has 2 heterocycles. The molecule has 4 heteroatoms. The molecular weight excluding hydrogens is 338 g/mol. The van der Waals surface area contributed by atoms with E-state index in [4.69, 9.17) is 4.74 Å². The van der Waals surface area contributed by atoms with Crippen molar-refractivity contribution >= 4 is 17.5 Å². The average Bonchev–Trinajstić information content (AvgIpc) is 2.87. The number of imide groups is 1. The Balaban J connectivity index is 1.74. The van der Waals surface area contributed by atoms with Crippen molar-refractivity contribution in [3.63, 3.8) is 0 Å². The highest BCUT2D eigenvalue weighted by Gasteiger charge is 2.48. The molecule has 0 saturated carbocycles. The molecule has 3 aromatic carbocycles. The molecule has 0 fully saturated rings. The van der Waals surface area contributed by atoms with Crippen molar-refractivity contribution in [2.24, 2.45) is 0 Å². The number of anilines is 1. The largest absolute Gasteiger partial charge is 0.497 e. The standard InChI is InChI=1S/C23H17NO3/c1-27-15-12-10-14(11-13-15)24-22(25)20-16-6-2-3-7-17(16)21(23(24)26)19-9-5-4-8-18(19)20/h2-13,20-21H,1H3. The number of rotatable bonds is 2. The van der Waals surface area contributed by atoms with Crippen molar-refractivity contribution in [1.82, 2.24) is 0 Å². The van der Waals surface area contributed by atoms with Gasteiger partial charge in [0.15, 0.2) is 0 Å². The summed E-state index contributed by atoms with van der Waals surface area (Å²) in [5.41, 5.74) is 4.28. The fourth-order valence-electron chi connectivity index (χ4n) is 4.29. The van der Waals surface area contributed by atoms with Gasteiger partial charge >= 0.3 is 0 Å². The van der Waals surface area contributed by atoms with Crippen LogP contribution in [0, 0.1) is 0 Å². The maximum Gasteiger partial charge on any atom is 0.245 e. The Hall–Kier alpha value is -3.40. The molecule has 3 aliphatic rings. The number of fused-ring (bicyclic) bond motifs is 2. The molecule has 2 amide bonds. The molecule has 0 atom stereocenters. The van der Waals surface area contributed by atoms with E-state index in [2.05, 4.69) is 0 Å². The number of nitrogens with zero attached hydrogens (tertiary/aromatic N) is 1. The molecule has 2 bridgehead atoms. The van der Waals surface area contributed by atoms with Crippen molar-refractivity contribution in [3.05, 3.63) is 95.1 Å². The van der Waals surface area contributed by atoms with Crippen LogP contribution in [0.3, 0.4) is 0 Å². The number of benzene rings is 3. The highest BCUT2D eigenvalue weighted by Crippen LogP contribution is 2.48.